The summed E-state index contributed by atoms with van der Waals surface area (Å²) in [6.07, 6.45) is 7.10. The van der Waals surface area contributed by atoms with Crippen molar-refractivity contribution in [1.82, 2.24) is 19.8 Å². The van der Waals surface area contributed by atoms with Gasteiger partial charge >= 0.3 is 0 Å². The lowest BCUT2D eigenvalue weighted by atomic mass is 9.95. The Morgan fingerprint density at radius 3 is 2.90 bits per heavy atom. The standard InChI is InChI=1S/C14H22N4O2/c1-3-11(2)13-14(20)16-9-12(19)18(13)7-4-6-17-8-5-15-10-17/h5,8,10-11,13H,3-4,6-7,9H2,1-2H3,(H,16,20). The second kappa shape index (κ2) is 6.54. The van der Waals surface area contributed by atoms with Gasteiger partial charge in [-0.2, -0.15) is 0 Å². The fourth-order valence-corrected chi connectivity index (χ4v) is 2.56. The SMILES string of the molecule is CCC(C)C1C(=O)NCC(=O)N1CCCn1ccnc1. The number of hydrogen-bond acceptors (Lipinski definition) is 3. The molecule has 0 bridgehead atoms. The predicted molar refractivity (Wildman–Crippen MR) is 74.8 cm³/mol. The van der Waals surface area contributed by atoms with Crippen molar-refractivity contribution in [2.75, 3.05) is 13.1 Å². The number of carbonyl (C=O) groups is 2. The first-order valence-electron chi connectivity index (χ1n) is 7.16. The van der Waals surface area contributed by atoms with Crippen molar-refractivity contribution >= 4 is 11.8 Å². The average Bonchev–Trinajstić information content (AvgIpc) is 2.95. The maximum atomic E-state index is 12.1. The monoisotopic (exact) mass is 278 g/mol. The molecule has 2 unspecified atom stereocenters. The number of rotatable bonds is 6. The molecule has 6 heteroatoms. The van der Waals surface area contributed by atoms with E-state index < -0.39 is 0 Å². The second-order valence-corrected chi connectivity index (χ2v) is 5.29. The van der Waals surface area contributed by atoms with Crippen molar-refractivity contribution < 1.29 is 9.59 Å². The zero-order valence-electron chi connectivity index (χ0n) is 12.1. The first-order valence-corrected chi connectivity index (χ1v) is 7.16. The van der Waals surface area contributed by atoms with Crippen molar-refractivity contribution in [3.8, 4) is 0 Å². The highest BCUT2D eigenvalue weighted by Gasteiger charge is 2.36. The minimum absolute atomic E-state index is 0.0144. The molecule has 2 heterocycles. The molecule has 2 rings (SSSR count). The van der Waals surface area contributed by atoms with Crippen LogP contribution in [0.15, 0.2) is 18.7 Å². The quantitative estimate of drug-likeness (QED) is 0.830. The van der Waals surface area contributed by atoms with Gasteiger partial charge in [0.15, 0.2) is 0 Å². The Morgan fingerprint density at radius 1 is 1.45 bits per heavy atom. The molecule has 2 atom stereocenters. The summed E-state index contributed by atoms with van der Waals surface area (Å²) in [5.74, 6) is 0.162. The van der Waals surface area contributed by atoms with Crippen molar-refractivity contribution in [2.24, 2.45) is 5.92 Å². The third-order valence-electron chi connectivity index (χ3n) is 3.90. The lowest BCUT2D eigenvalue weighted by Crippen LogP contribution is -2.60. The molecule has 1 aromatic heterocycles. The molecule has 1 aromatic rings. The second-order valence-electron chi connectivity index (χ2n) is 5.29. The van der Waals surface area contributed by atoms with Gasteiger partial charge in [-0.25, -0.2) is 4.98 Å². The van der Waals surface area contributed by atoms with Crippen molar-refractivity contribution in [3.05, 3.63) is 18.7 Å². The zero-order valence-corrected chi connectivity index (χ0v) is 12.1. The van der Waals surface area contributed by atoms with E-state index in [1.807, 2.05) is 24.6 Å². The van der Waals surface area contributed by atoms with Gasteiger partial charge in [0.1, 0.15) is 6.04 Å². The van der Waals surface area contributed by atoms with Crippen LogP contribution in [0.4, 0.5) is 0 Å². The van der Waals surface area contributed by atoms with E-state index in [1.54, 1.807) is 17.4 Å². The Hall–Kier alpha value is -1.85. The fraction of sp³-hybridized carbons (Fsp3) is 0.643. The largest absolute Gasteiger partial charge is 0.345 e. The summed E-state index contributed by atoms with van der Waals surface area (Å²) in [5, 5.41) is 2.69. The molecular weight excluding hydrogens is 256 g/mol. The van der Waals surface area contributed by atoms with Crippen LogP contribution in [0.1, 0.15) is 26.7 Å². The summed E-state index contributed by atoms with van der Waals surface area (Å²) in [6.45, 7) is 5.60. The van der Waals surface area contributed by atoms with Crippen LogP contribution in [0.3, 0.4) is 0 Å². The number of amides is 2. The number of carbonyl (C=O) groups excluding carboxylic acids is 2. The van der Waals surface area contributed by atoms with Gasteiger partial charge in [-0.15, -0.1) is 0 Å². The third kappa shape index (κ3) is 3.18. The maximum absolute atomic E-state index is 12.1. The van der Waals surface area contributed by atoms with Crippen LogP contribution in [0, 0.1) is 5.92 Å². The van der Waals surface area contributed by atoms with Gasteiger partial charge in [0.25, 0.3) is 0 Å². The van der Waals surface area contributed by atoms with E-state index in [-0.39, 0.29) is 30.3 Å². The number of imidazole rings is 1. The van der Waals surface area contributed by atoms with E-state index in [1.165, 1.54) is 0 Å². The van der Waals surface area contributed by atoms with Crippen molar-refractivity contribution in [2.45, 2.75) is 39.3 Å². The highest BCUT2D eigenvalue weighted by molar-refractivity contribution is 5.94. The molecule has 20 heavy (non-hydrogen) atoms. The van der Waals surface area contributed by atoms with Crippen LogP contribution in [-0.4, -0.2) is 45.4 Å². The van der Waals surface area contributed by atoms with Crippen molar-refractivity contribution in [3.63, 3.8) is 0 Å². The summed E-state index contributed by atoms with van der Waals surface area (Å²) < 4.78 is 1.98. The first-order chi connectivity index (χ1) is 9.63. The lowest BCUT2D eigenvalue weighted by molar-refractivity contribution is -0.147. The first kappa shape index (κ1) is 14.6. The molecule has 2 amide bonds. The molecule has 0 saturated carbocycles. The minimum atomic E-state index is -0.330. The lowest BCUT2D eigenvalue weighted by Gasteiger charge is -2.38. The maximum Gasteiger partial charge on any atom is 0.243 e. The zero-order chi connectivity index (χ0) is 14.5. The van der Waals surface area contributed by atoms with Gasteiger partial charge in [-0.3, -0.25) is 9.59 Å². The molecule has 1 aliphatic heterocycles. The normalized spacial score (nSPS) is 20.9. The predicted octanol–water partition coefficient (Wildman–Crippen LogP) is 0.646. The molecule has 1 N–H and O–H groups in total. The summed E-state index contributed by atoms with van der Waals surface area (Å²) in [6, 6.07) is -0.330. The Kier molecular flexibility index (Phi) is 4.76. The number of aromatic nitrogens is 2. The molecule has 1 saturated heterocycles. The molecule has 110 valence electrons. The summed E-state index contributed by atoms with van der Waals surface area (Å²) in [5.41, 5.74) is 0. The van der Waals surface area contributed by atoms with E-state index in [2.05, 4.69) is 10.3 Å². The van der Waals surface area contributed by atoms with Gasteiger partial charge in [0, 0.05) is 25.5 Å². The summed E-state index contributed by atoms with van der Waals surface area (Å²) >= 11 is 0. The number of hydrogen-bond donors (Lipinski definition) is 1. The summed E-state index contributed by atoms with van der Waals surface area (Å²) in [7, 11) is 0. The van der Waals surface area contributed by atoms with E-state index in [4.69, 9.17) is 0 Å². The van der Waals surface area contributed by atoms with E-state index >= 15 is 0 Å². The van der Waals surface area contributed by atoms with Crippen LogP contribution in [0.5, 0.6) is 0 Å². The van der Waals surface area contributed by atoms with Crippen LogP contribution in [0.25, 0.3) is 0 Å². The minimum Gasteiger partial charge on any atom is -0.345 e. The van der Waals surface area contributed by atoms with Crippen LogP contribution in [-0.2, 0) is 16.1 Å². The van der Waals surface area contributed by atoms with E-state index in [9.17, 15) is 9.59 Å². The highest BCUT2D eigenvalue weighted by atomic mass is 16.2. The molecule has 1 fully saturated rings. The van der Waals surface area contributed by atoms with Gasteiger partial charge in [0.2, 0.25) is 11.8 Å². The van der Waals surface area contributed by atoms with E-state index in [0.717, 1.165) is 19.4 Å². The molecule has 1 aliphatic rings. The molecule has 0 spiro atoms. The molecule has 0 radical (unpaired) electrons. The average molecular weight is 278 g/mol. The molecule has 6 nitrogen and oxygen atoms in total. The van der Waals surface area contributed by atoms with Crippen molar-refractivity contribution in [1.29, 1.82) is 0 Å². The topological polar surface area (TPSA) is 67.2 Å². The van der Waals surface area contributed by atoms with Gasteiger partial charge in [-0.1, -0.05) is 20.3 Å². The van der Waals surface area contributed by atoms with Crippen LogP contribution in [0.2, 0.25) is 0 Å². The molecular formula is C14H22N4O2. The van der Waals surface area contributed by atoms with Crippen LogP contribution < -0.4 is 5.32 Å². The summed E-state index contributed by atoms with van der Waals surface area (Å²) in [4.78, 5) is 29.8. The molecule has 0 aromatic carbocycles. The number of nitrogens with zero attached hydrogens (tertiary/aromatic N) is 3. The van der Waals surface area contributed by atoms with Gasteiger partial charge < -0.3 is 14.8 Å². The number of nitrogens with one attached hydrogen (secondary N) is 1. The Balaban J connectivity index is 1.97. The smallest absolute Gasteiger partial charge is 0.243 e. The highest BCUT2D eigenvalue weighted by Crippen LogP contribution is 2.18. The van der Waals surface area contributed by atoms with E-state index in [0.29, 0.717) is 6.54 Å². The molecule has 0 aliphatic carbocycles. The number of piperazine rings is 1. The Labute approximate surface area is 119 Å². The Morgan fingerprint density at radius 2 is 2.25 bits per heavy atom. The van der Waals surface area contributed by atoms with Gasteiger partial charge in [0.05, 0.1) is 12.9 Å². The third-order valence-corrected chi connectivity index (χ3v) is 3.90. The number of aryl methyl sites for hydroxylation is 1. The van der Waals surface area contributed by atoms with Gasteiger partial charge in [-0.05, 0) is 12.3 Å². The van der Waals surface area contributed by atoms with Crippen LogP contribution >= 0.6 is 0 Å². The Bertz CT molecular complexity index is 458. The fourth-order valence-electron chi connectivity index (χ4n) is 2.56.